The molecule has 13 heavy (non-hydrogen) atoms. The summed E-state index contributed by atoms with van der Waals surface area (Å²) in [5.41, 5.74) is 1.45. The molecule has 0 aromatic heterocycles. The summed E-state index contributed by atoms with van der Waals surface area (Å²) in [7, 11) is 0. The molecule has 1 aromatic rings. The van der Waals surface area contributed by atoms with E-state index < -0.39 is 0 Å². The van der Waals surface area contributed by atoms with Crippen LogP contribution >= 0.6 is 15.9 Å². The molecular formula is C12H13Br. The van der Waals surface area contributed by atoms with Gasteiger partial charge in [0, 0.05) is 10.2 Å². The maximum atomic E-state index is 3.78. The predicted octanol–water partition coefficient (Wildman–Crippen LogP) is 3.88. The zero-order valence-electron chi connectivity index (χ0n) is 7.54. The number of rotatable bonds is 3. The number of hydrogen-bond acceptors (Lipinski definition) is 0. The van der Waals surface area contributed by atoms with Crippen molar-refractivity contribution in [2.45, 2.75) is 23.1 Å². The lowest BCUT2D eigenvalue weighted by atomic mass is 10.1. The van der Waals surface area contributed by atoms with E-state index in [1.165, 1.54) is 12.0 Å². The van der Waals surface area contributed by atoms with Crippen molar-refractivity contribution >= 4 is 15.9 Å². The lowest BCUT2D eigenvalue weighted by molar-refractivity contribution is 0.895. The molecule has 2 atom stereocenters. The van der Waals surface area contributed by atoms with Gasteiger partial charge in [0.2, 0.25) is 0 Å². The summed E-state index contributed by atoms with van der Waals surface area (Å²) in [6.07, 6.45) is 4.30. The monoisotopic (exact) mass is 236 g/mol. The molecule has 1 aliphatic rings. The van der Waals surface area contributed by atoms with Crippen LogP contribution < -0.4 is 0 Å². The first-order valence-electron chi connectivity index (χ1n) is 4.61. The molecular weight excluding hydrogens is 224 g/mol. The zero-order chi connectivity index (χ0) is 9.31. The largest absolute Gasteiger partial charge is 0.103 e. The fourth-order valence-corrected chi connectivity index (χ4v) is 2.66. The van der Waals surface area contributed by atoms with Gasteiger partial charge < -0.3 is 0 Å². The smallest absolute Gasteiger partial charge is 0.0367 e. The number of hydrogen-bond donors (Lipinski definition) is 0. The van der Waals surface area contributed by atoms with Crippen LogP contribution in [0.25, 0.3) is 0 Å². The summed E-state index contributed by atoms with van der Waals surface area (Å²) in [6, 6.07) is 10.7. The van der Waals surface area contributed by atoms with Gasteiger partial charge in [-0.15, -0.1) is 6.58 Å². The molecule has 0 heterocycles. The lowest BCUT2D eigenvalue weighted by Gasteiger charge is -2.05. The zero-order valence-corrected chi connectivity index (χ0v) is 9.13. The molecule has 1 saturated carbocycles. The van der Waals surface area contributed by atoms with Gasteiger partial charge in [-0.3, -0.25) is 0 Å². The van der Waals surface area contributed by atoms with E-state index in [-0.39, 0.29) is 0 Å². The minimum Gasteiger partial charge on any atom is -0.103 e. The van der Waals surface area contributed by atoms with Crippen molar-refractivity contribution < 1.29 is 0 Å². The maximum absolute atomic E-state index is 3.78. The third-order valence-electron chi connectivity index (χ3n) is 2.69. The molecule has 0 amide bonds. The highest BCUT2D eigenvalue weighted by Gasteiger charge is 2.51. The van der Waals surface area contributed by atoms with E-state index in [9.17, 15) is 0 Å². The van der Waals surface area contributed by atoms with Crippen LogP contribution in [-0.2, 0) is 0 Å². The van der Waals surface area contributed by atoms with Crippen molar-refractivity contribution in [1.82, 2.24) is 0 Å². The molecule has 68 valence electrons. The van der Waals surface area contributed by atoms with E-state index in [2.05, 4.69) is 52.8 Å². The minimum absolute atomic E-state index is 0.316. The predicted molar refractivity (Wildman–Crippen MR) is 60.3 cm³/mol. The van der Waals surface area contributed by atoms with E-state index >= 15 is 0 Å². The van der Waals surface area contributed by atoms with Gasteiger partial charge in [0.15, 0.2) is 0 Å². The molecule has 0 N–H and O–H groups in total. The molecule has 1 heteroatoms. The highest BCUT2D eigenvalue weighted by molar-refractivity contribution is 9.10. The number of allylic oxidation sites excluding steroid dienone is 1. The Kier molecular flexibility index (Phi) is 2.29. The van der Waals surface area contributed by atoms with Gasteiger partial charge in [-0.2, -0.15) is 0 Å². The molecule has 1 fully saturated rings. The Hall–Kier alpha value is -0.560. The second-order valence-electron chi connectivity index (χ2n) is 3.69. The quantitative estimate of drug-likeness (QED) is 0.552. The van der Waals surface area contributed by atoms with Gasteiger partial charge in [-0.05, 0) is 18.4 Å². The summed E-state index contributed by atoms with van der Waals surface area (Å²) in [5, 5.41) is 0. The Morgan fingerprint density at radius 3 is 2.77 bits per heavy atom. The third-order valence-corrected chi connectivity index (χ3v) is 3.89. The molecule has 0 saturated heterocycles. The van der Waals surface area contributed by atoms with E-state index in [0.29, 0.717) is 10.2 Å². The number of alkyl halides is 1. The standard InChI is InChI=1S/C12H13Br/c1-2-8-12(13)9-11(12)10-6-4-3-5-7-10/h2-7,11H,1,8-9H2/t11-,12+/m1/s1. The average molecular weight is 237 g/mol. The molecule has 0 radical (unpaired) electrons. The molecule has 0 nitrogen and oxygen atoms in total. The first-order chi connectivity index (χ1) is 6.26. The molecule has 2 rings (SSSR count). The fraction of sp³-hybridized carbons (Fsp3) is 0.333. The average Bonchev–Trinajstić information content (AvgIpc) is 2.80. The van der Waals surface area contributed by atoms with E-state index in [1.54, 1.807) is 0 Å². The maximum Gasteiger partial charge on any atom is 0.0367 e. The highest BCUT2D eigenvalue weighted by Crippen LogP contribution is 2.59. The van der Waals surface area contributed by atoms with Gasteiger partial charge in [0.1, 0.15) is 0 Å². The Bertz CT molecular complexity index is 304. The normalized spacial score (nSPS) is 31.3. The first kappa shape index (κ1) is 9.01. The number of halogens is 1. The molecule has 0 aliphatic heterocycles. The first-order valence-corrected chi connectivity index (χ1v) is 5.40. The van der Waals surface area contributed by atoms with Crippen molar-refractivity contribution in [2.24, 2.45) is 0 Å². The Balaban J connectivity index is 2.11. The number of benzene rings is 1. The van der Waals surface area contributed by atoms with Crippen LogP contribution in [-0.4, -0.2) is 4.32 Å². The Morgan fingerprint density at radius 1 is 1.46 bits per heavy atom. The molecule has 1 aliphatic carbocycles. The van der Waals surface area contributed by atoms with Crippen LogP contribution in [0.4, 0.5) is 0 Å². The van der Waals surface area contributed by atoms with Crippen LogP contribution in [0, 0.1) is 0 Å². The highest BCUT2D eigenvalue weighted by atomic mass is 79.9. The summed E-state index contributed by atoms with van der Waals surface area (Å²) < 4.78 is 0.316. The van der Waals surface area contributed by atoms with Crippen molar-refractivity contribution in [3.05, 3.63) is 48.6 Å². The molecule has 1 aromatic carbocycles. The Labute approximate surface area is 87.8 Å². The summed E-state index contributed by atoms with van der Waals surface area (Å²) in [6.45, 7) is 3.78. The van der Waals surface area contributed by atoms with Crippen molar-refractivity contribution in [3.8, 4) is 0 Å². The van der Waals surface area contributed by atoms with E-state index in [4.69, 9.17) is 0 Å². The van der Waals surface area contributed by atoms with E-state index in [1.807, 2.05) is 6.08 Å². The lowest BCUT2D eigenvalue weighted by Crippen LogP contribution is -1.98. The second kappa shape index (κ2) is 3.30. The summed E-state index contributed by atoms with van der Waals surface area (Å²) >= 11 is 3.78. The van der Waals surface area contributed by atoms with Crippen LogP contribution in [0.2, 0.25) is 0 Å². The van der Waals surface area contributed by atoms with Crippen LogP contribution in [0.3, 0.4) is 0 Å². The van der Waals surface area contributed by atoms with Crippen molar-refractivity contribution in [2.75, 3.05) is 0 Å². The van der Waals surface area contributed by atoms with Gasteiger partial charge in [-0.1, -0.05) is 52.3 Å². The molecule has 0 unspecified atom stereocenters. The minimum atomic E-state index is 0.316. The van der Waals surface area contributed by atoms with Gasteiger partial charge in [0.05, 0.1) is 0 Å². The fourth-order valence-electron chi connectivity index (χ4n) is 1.85. The third kappa shape index (κ3) is 1.71. The Morgan fingerprint density at radius 2 is 2.15 bits per heavy atom. The molecule has 0 spiro atoms. The summed E-state index contributed by atoms with van der Waals surface area (Å²) in [5.74, 6) is 0.687. The topological polar surface area (TPSA) is 0 Å². The van der Waals surface area contributed by atoms with E-state index in [0.717, 1.165) is 6.42 Å². The van der Waals surface area contributed by atoms with Gasteiger partial charge in [0.25, 0.3) is 0 Å². The van der Waals surface area contributed by atoms with Crippen molar-refractivity contribution in [1.29, 1.82) is 0 Å². The SMILES string of the molecule is C=CC[C@]1(Br)C[C@@H]1c1ccccc1. The summed E-state index contributed by atoms with van der Waals surface area (Å²) in [4.78, 5) is 0. The van der Waals surface area contributed by atoms with Crippen LogP contribution in [0.1, 0.15) is 24.3 Å². The molecule has 0 bridgehead atoms. The van der Waals surface area contributed by atoms with Gasteiger partial charge >= 0.3 is 0 Å². The van der Waals surface area contributed by atoms with Crippen molar-refractivity contribution in [3.63, 3.8) is 0 Å². The van der Waals surface area contributed by atoms with Crippen LogP contribution in [0.5, 0.6) is 0 Å². The second-order valence-corrected chi connectivity index (χ2v) is 5.27. The van der Waals surface area contributed by atoms with Gasteiger partial charge in [-0.25, -0.2) is 0 Å². The van der Waals surface area contributed by atoms with Crippen LogP contribution in [0.15, 0.2) is 43.0 Å².